The lowest BCUT2D eigenvalue weighted by Gasteiger charge is -2.18. The largest absolute Gasteiger partial charge is 0.483 e. The van der Waals surface area contributed by atoms with Crippen molar-refractivity contribution in [3.8, 4) is 0 Å². The number of hydrogen-bond acceptors (Lipinski definition) is 3. The van der Waals surface area contributed by atoms with Crippen LogP contribution in [0.2, 0.25) is 0 Å². The van der Waals surface area contributed by atoms with Crippen molar-refractivity contribution in [3.63, 3.8) is 0 Å². The van der Waals surface area contributed by atoms with Gasteiger partial charge in [0.2, 0.25) is 5.76 Å². The fourth-order valence-corrected chi connectivity index (χ4v) is 2.95. The van der Waals surface area contributed by atoms with Crippen LogP contribution in [0.5, 0.6) is 0 Å². The Balaban J connectivity index is 1.42. The first kappa shape index (κ1) is 14.4. The number of rotatable bonds is 9. The molecule has 2 aliphatic rings. The highest BCUT2D eigenvalue weighted by atomic mass is 16.6. The third kappa shape index (κ3) is 4.85. The van der Waals surface area contributed by atoms with Gasteiger partial charge in [-0.2, -0.15) is 0 Å². The van der Waals surface area contributed by atoms with Crippen molar-refractivity contribution in [1.29, 1.82) is 0 Å². The minimum atomic E-state index is 0.223. The van der Waals surface area contributed by atoms with Gasteiger partial charge in [-0.25, -0.2) is 4.79 Å². The first-order valence-electron chi connectivity index (χ1n) is 7.49. The predicted molar refractivity (Wildman–Crippen MR) is 74.4 cm³/mol. The fourth-order valence-electron chi connectivity index (χ4n) is 2.95. The van der Waals surface area contributed by atoms with Crippen molar-refractivity contribution >= 4 is 5.94 Å². The van der Waals surface area contributed by atoms with Crippen LogP contribution in [0.25, 0.3) is 0 Å². The molecule has 2 fully saturated rings. The van der Waals surface area contributed by atoms with Crippen LogP contribution < -0.4 is 0 Å². The quantitative estimate of drug-likeness (QED) is 0.210. The minimum Gasteiger partial charge on any atom is -0.483 e. The Hall–Kier alpha value is -1.05. The summed E-state index contributed by atoms with van der Waals surface area (Å²) in [6, 6.07) is 0. The smallest absolute Gasteiger partial charge is 0.202 e. The average molecular weight is 264 g/mol. The van der Waals surface area contributed by atoms with Gasteiger partial charge in [0.05, 0.1) is 18.8 Å². The lowest BCUT2D eigenvalue weighted by molar-refractivity contribution is 0.219. The molecular formula is C16H24O3. The highest BCUT2D eigenvalue weighted by Gasteiger charge is 2.43. The molecule has 3 unspecified atom stereocenters. The summed E-state index contributed by atoms with van der Waals surface area (Å²) in [5, 5.41) is 0. The topological polar surface area (TPSA) is 38.8 Å². The first-order chi connectivity index (χ1) is 9.33. The Kier molecular flexibility index (Phi) is 5.68. The molecule has 1 heterocycles. The maximum absolute atomic E-state index is 10.3. The zero-order valence-electron chi connectivity index (χ0n) is 11.6. The van der Waals surface area contributed by atoms with Crippen molar-refractivity contribution < 1.29 is 14.3 Å². The van der Waals surface area contributed by atoms with Gasteiger partial charge in [0.15, 0.2) is 5.94 Å². The van der Waals surface area contributed by atoms with E-state index in [-0.39, 0.29) is 5.76 Å². The summed E-state index contributed by atoms with van der Waals surface area (Å²) in [7, 11) is 0. The molecule has 19 heavy (non-hydrogen) atoms. The van der Waals surface area contributed by atoms with Crippen molar-refractivity contribution in [2.24, 2.45) is 5.92 Å². The molecule has 0 aromatic rings. The van der Waals surface area contributed by atoms with Crippen LogP contribution in [0.3, 0.4) is 0 Å². The Morgan fingerprint density at radius 1 is 1.26 bits per heavy atom. The minimum absolute atomic E-state index is 0.223. The number of unbranched alkanes of at least 4 members (excludes halogenated alkanes) is 3. The second-order valence-corrected chi connectivity index (χ2v) is 5.61. The third-order valence-corrected chi connectivity index (χ3v) is 4.16. The van der Waals surface area contributed by atoms with Crippen LogP contribution >= 0.6 is 0 Å². The molecule has 0 aromatic heterocycles. The molecule has 0 radical (unpaired) electrons. The van der Waals surface area contributed by atoms with Gasteiger partial charge in [0.1, 0.15) is 0 Å². The van der Waals surface area contributed by atoms with Gasteiger partial charge < -0.3 is 9.47 Å². The predicted octanol–water partition coefficient (Wildman–Crippen LogP) is 3.42. The van der Waals surface area contributed by atoms with Crippen molar-refractivity contribution in [2.45, 2.75) is 63.6 Å². The third-order valence-electron chi connectivity index (χ3n) is 4.16. The van der Waals surface area contributed by atoms with E-state index < -0.39 is 0 Å². The summed E-state index contributed by atoms with van der Waals surface area (Å²) in [4.78, 5) is 10.3. The lowest BCUT2D eigenvalue weighted by Crippen LogP contribution is -2.13. The summed E-state index contributed by atoms with van der Waals surface area (Å²) in [5.74, 6) is 2.84. The van der Waals surface area contributed by atoms with Crippen LogP contribution in [0, 0.1) is 5.92 Å². The van der Waals surface area contributed by atoms with Gasteiger partial charge >= 0.3 is 0 Å². The number of hydrogen-bond donors (Lipinski definition) is 0. The second-order valence-electron chi connectivity index (χ2n) is 5.61. The monoisotopic (exact) mass is 264 g/mol. The Bertz CT molecular complexity index is 344. The summed E-state index contributed by atoms with van der Waals surface area (Å²) < 4.78 is 10.8. The normalized spacial score (nSPS) is 28.1. The molecule has 3 nitrogen and oxygen atoms in total. The lowest BCUT2D eigenvalue weighted by atomic mass is 9.85. The van der Waals surface area contributed by atoms with Crippen molar-refractivity contribution in [3.05, 3.63) is 18.4 Å². The van der Waals surface area contributed by atoms with Gasteiger partial charge in [-0.15, -0.1) is 0 Å². The summed E-state index contributed by atoms with van der Waals surface area (Å²) in [5.41, 5.74) is 0. The Morgan fingerprint density at radius 2 is 2.11 bits per heavy atom. The number of fused-ring (bicyclic) bond motifs is 1. The van der Waals surface area contributed by atoms with Gasteiger partial charge in [-0.05, 0) is 37.7 Å². The number of epoxide rings is 1. The Labute approximate surface area is 115 Å². The van der Waals surface area contributed by atoms with E-state index in [1.165, 1.54) is 51.0 Å². The molecule has 0 N–H and O–H groups in total. The van der Waals surface area contributed by atoms with Crippen LogP contribution in [-0.2, 0) is 14.3 Å². The van der Waals surface area contributed by atoms with Gasteiger partial charge in [0, 0.05) is 0 Å². The first-order valence-corrected chi connectivity index (χ1v) is 7.49. The number of allylic oxidation sites excluding steroid dienone is 1. The molecule has 0 bridgehead atoms. The zero-order valence-corrected chi connectivity index (χ0v) is 11.6. The molecule has 3 atom stereocenters. The molecule has 1 saturated carbocycles. The molecule has 3 heteroatoms. The molecule has 1 aliphatic carbocycles. The van der Waals surface area contributed by atoms with Gasteiger partial charge in [0.25, 0.3) is 0 Å². The van der Waals surface area contributed by atoms with E-state index in [0.717, 1.165) is 12.3 Å². The van der Waals surface area contributed by atoms with Crippen molar-refractivity contribution in [1.82, 2.24) is 0 Å². The van der Waals surface area contributed by atoms with E-state index in [9.17, 15) is 4.79 Å². The summed E-state index contributed by atoms with van der Waals surface area (Å²) in [6.45, 7) is 4.08. The molecule has 1 aliphatic heterocycles. The van der Waals surface area contributed by atoms with Crippen molar-refractivity contribution in [2.75, 3.05) is 6.61 Å². The number of ether oxygens (including phenoxy) is 2. The van der Waals surface area contributed by atoms with Crippen LogP contribution in [0.4, 0.5) is 0 Å². The standard InChI is InChI=1S/C16H24O3/c1-2-14(12-17)18-10-6-4-3-5-7-13-8-9-15-16(11-13)19-15/h2,13,15-16H,1,3-11H2. The SMILES string of the molecule is C=CC(=C=O)OCCCCCCC1CCC2OC2C1. The molecule has 1 saturated heterocycles. The van der Waals surface area contributed by atoms with E-state index in [2.05, 4.69) is 6.58 Å². The molecule has 0 amide bonds. The second kappa shape index (κ2) is 7.52. The summed E-state index contributed by atoms with van der Waals surface area (Å²) >= 11 is 0. The number of carbonyl (C=O) groups excluding carboxylic acids is 1. The van der Waals surface area contributed by atoms with E-state index in [4.69, 9.17) is 9.47 Å². The molecule has 0 aromatic carbocycles. The van der Waals surface area contributed by atoms with E-state index in [1.54, 1.807) is 5.94 Å². The summed E-state index contributed by atoms with van der Waals surface area (Å²) in [6.07, 6.45) is 12.6. The maximum Gasteiger partial charge on any atom is 0.202 e. The average Bonchev–Trinajstić information content (AvgIpc) is 3.20. The van der Waals surface area contributed by atoms with Crippen LogP contribution in [-0.4, -0.2) is 24.8 Å². The highest BCUT2D eigenvalue weighted by Crippen LogP contribution is 2.41. The van der Waals surface area contributed by atoms with Gasteiger partial charge in [-0.1, -0.05) is 32.3 Å². The van der Waals surface area contributed by atoms with Crippen LogP contribution in [0.15, 0.2) is 18.4 Å². The maximum atomic E-state index is 10.3. The molecule has 106 valence electrons. The van der Waals surface area contributed by atoms with Crippen LogP contribution in [0.1, 0.15) is 51.4 Å². The molecule has 2 rings (SSSR count). The molecular weight excluding hydrogens is 240 g/mol. The highest BCUT2D eigenvalue weighted by molar-refractivity contribution is 5.53. The zero-order chi connectivity index (χ0) is 13.5. The van der Waals surface area contributed by atoms with Gasteiger partial charge in [-0.3, -0.25) is 0 Å². The van der Waals surface area contributed by atoms with E-state index >= 15 is 0 Å². The Morgan fingerprint density at radius 3 is 2.84 bits per heavy atom. The molecule has 0 spiro atoms. The fraction of sp³-hybridized carbons (Fsp3) is 0.750. The van der Waals surface area contributed by atoms with E-state index in [0.29, 0.717) is 18.8 Å². The van der Waals surface area contributed by atoms with E-state index in [1.807, 2.05) is 0 Å².